The number of nitrogens with one attached hydrogen (secondary N) is 1. The summed E-state index contributed by atoms with van der Waals surface area (Å²) in [6.45, 7) is 4.09. The number of hydrogen-bond donors (Lipinski definition) is 1. The van der Waals surface area contributed by atoms with Gasteiger partial charge in [0.25, 0.3) is 0 Å². The van der Waals surface area contributed by atoms with Crippen molar-refractivity contribution in [2.24, 2.45) is 5.92 Å². The first-order valence-electron chi connectivity index (χ1n) is 8.65. The number of carbonyl (C=O) groups is 2. The van der Waals surface area contributed by atoms with E-state index in [1.54, 1.807) is 17.9 Å². The quantitative estimate of drug-likeness (QED) is 0.679. The number of nitrogens with zero attached hydrogens (tertiary/aromatic N) is 2. The molecule has 1 fully saturated rings. The van der Waals surface area contributed by atoms with Crippen molar-refractivity contribution >= 4 is 50.2 Å². The maximum Gasteiger partial charge on any atom is 0.229 e. The Morgan fingerprint density at radius 2 is 2.07 bits per heavy atom. The Kier molecular flexibility index (Phi) is 4.47. The van der Waals surface area contributed by atoms with Crippen LogP contribution in [-0.2, 0) is 9.59 Å². The smallest absolute Gasteiger partial charge is 0.229 e. The van der Waals surface area contributed by atoms with Gasteiger partial charge in [-0.25, -0.2) is 4.98 Å². The first-order valence-corrected chi connectivity index (χ1v) is 9.44. The number of hydrogen-bond acceptors (Lipinski definition) is 4. The highest BCUT2D eigenvalue weighted by atomic mass is 79.9. The summed E-state index contributed by atoms with van der Waals surface area (Å²) in [4.78, 5) is 31.0. The summed E-state index contributed by atoms with van der Waals surface area (Å²) in [6.07, 6.45) is 0.192. The minimum atomic E-state index is -0.392. The van der Waals surface area contributed by atoms with Crippen molar-refractivity contribution in [2.45, 2.75) is 20.3 Å². The predicted molar refractivity (Wildman–Crippen MR) is 107 cm³/mol. The number of halogens is 1. The number of carbonyl (C=O) groups excluding carboxylic acids is 2. The largest absolute Gasteiger partial charge is 0.441 e. The first kappa shape index (κ1) is 17.7. The highest BCUT2D eigenvalue weighted by Crippen LogP contribution is 2.29. The average Bonchev–Trinajstić information content (AvgIpc) is 3.19. The Bertz CT molecular complexity index is 1060. The molecule has 1 atom stereocenters. The van der Waals surface area contributed by atoms with Crippen LogP contribution in [0.15, 0.2) is 45.3 Å². The van der Waals surface area contributed by atoms with Crippen LogP contribution in [0, 0.1) is 19.8 Å². The summed E-state index contributed by atoms with van der Waals surface area (Å²) >= 11 is 3.45. The second-order valence-corrected chi connectivity index (χ2v) is 7.60. The van der Waals surface area contributed by atoms with Crippen LogP contribution in [0.1, 0.15) is 17.9 Å². The molecule has 2 heterocycles. The molecule has 0 radical (unpaired) electrons. The molecule has 1 aromatic heterocycles. The molecule has 1 N–H and O–H groups in total. The highest BCUT2D eigenvalue weighted by Gasteiger charge is 2.35. The van der Waals surface area contributed by atoms with Gasteiger partial charge in [0.1, 0.15) is 5.52 Å². The molecule has 1 aliphatic heterocycles. The first-order chi connectivity index (χ1) is 12.9. The number of fused-ring (bicyclic) bond motifs is 1. The van der Waals surface area contributed by atoms with Crippen molar-refractivity contribution in [3.05, 3.63) is 52.3 Å². The topological polar surface area (TPSA) is 75.4 Å². The van der Waals surface area contributed by atoms with Gasteiger partial charge in [-0.05, 0) is 48.9 Å². The molecule has 4 rings (SSSR count). The molecule has 6 nitrogen and oxygen atoms in total. The lowest BCUT2D eigenvalue weighted by molar-refractivity contribution is -0.122. The van der Waals surface area contributed by atoms with E-state index < -0.39 is 5.92 Å². The summed E-state index contributed by atoms with van der Waals surface area (Å²) in [5.74, 6) is -0.0271. The van der Waals surface area contributed by atoms with Crippen LogP contribution in [0.25, 0.3) is 11.1 Å². The molecule has 0 bridgehead atoms. The van der Waals surface area contributed by atoms with Gasteiger partial charge in [0.2, 0.25) is 11.8 Å². The monoisotopic (exact) mass is 427 g/mol. The maximum atomic E-state index is 12.6. The van der Waals surface area contributed by atoms with Gasteiger partial charge in [-0.1, -0.05) is 15.9 Å². The molecular weight excluding hydrogens is 410 g/mol. The van der Waals surface area contributed by atoms with Crippen LogP contribution < -0.4 is 10.2 Å². The van der Waals surface area contributed by atoms with Crippen LogP contribution in [0.4, 0.5) is 11.4 Å². The zero-order chi connectivity index (χ0) is 19.1. The lowest BCUT2D eigenvalue weighted by Crippen LogP contribution is -2.28. The number of amides is 2. The van der Waals surface area contributed by atoms with Gasteiger partial charge in [-0.2, -0.15) is 0 Å². The standard InChI is InChI=1S/C20H18BrN3O3/c1-11-7-14(3-5-16(11)21)23-20(26)13-8-19(25)24(10-13)15-4-6-18-17(9-15)22-12(2)27-18/h3-7,9,13H,8,10H2,1-2H3,(H,23,26). The van der Waals surface area contributed by atoms with Gasteiger partial charge in [0, 0.05) is 35.7 Å². The van der Waals surface area contributed by atoms with Crippen molar-refractivity contribution < 1.29 is 14.0 Å². The van der Waals surface area contributed by atoms with E-state index >= 15 is 0 Å². The normalized spacial score (nSPS) is 16.9. The van der Waals surface area contributed by atoms with Gasteiger partial charge in [0.05, 0.1) is 5.92 Å². The minimum absolute atomic E-state index is 0.0679. The molecule has 0 spiro atoms. The lowest BCUT2D eigenvalue weighted by atomic mass is 10.1. The Balaban J connectivity index is 1.50. The molecule has 1 aliphatic rings. The van der Waals surface area contributed by atoms with E-state index in [-0.39, 0.29) is 18.2 Å². The molecule has 27 heavy (non-hydrogen) atoms. The second kappa shape index (κ2) is 6.81. The zero-order valence-corrected chi connectivity index (χ0v) is 16.5. The number of anilines is 2. The number of oxazole rings is 1. The Labute approximate surface area is 164 Å². The number of aromatic nitrogens is 1. The van der Waals surface area contributed by atoms with Crippen molar-refractivity contribution in [1.82, 2.24) is 4.98 Å². The minimum Gasteiger partial charge on any atom is -0.441 e. The molecule has 3 aromatic rings. The van der Waals surface area contributed by atoms with Gasteiger partial charge in [0.15, 0.2) is 11.5 Å². The van der Waals surface area contributed by atoms with Crippen molar-refractivity contribution in [2.75, 3.05) is 16.8 Å². The number of benzene rings is 2. The van der Waals surface area contributed by atoms with Crippen molar-refractivity contribution in [3.63, 3.8) is 0 Å². The van der Waals surface area contributed by atoms with Crippen molar-refractivity contribution in [3.8, 4) is 0 Å². The molecule has 138 valence electrons. The third kappa shape index (κ3) is 3.47. The van der Waals surface area contributed by atoms with E-state index in [0.717, 1.165) is 21.4 Å². The van der Waals surface area contributed by atoms with Crippen LogP contribution in [0.3, 0.4) is 0 Å². The molecular formula is C20H18BrN3O3. The van der Waals surface area contributed by atoms with Gasteiger partial charge in [-0.15, -0.1) is 0 Å². The van der Waals surface area contributed by atoms with Crippen LogP contribution in [0.2, 0.25) is 0 Å². The second-order valence-electron chi connectivity index (χ2n) is 6.74. The van der Waals surface area contributed by atoms with Crippen LogP contribution in [-0.4, -0.2) is 23.3 Å². The van der Waals surface area contributed by atoms with E-state index in [1.165, 1.54) is 0 Å². The number of rotatable bonds is 3. The van der Waals surface area contributed by atoms with Gasteiger partial charge >= 0.3 is 0 Å². The van der Waals surface area contributed by atoms with Crippen LogP contribution >= 0.6 is 15.9 Å². The SMILES string of the molecule is Cc1nc2cc(N3CC(C(=O)Nc4ccc(Br)c(C)c4)CC3=O)ccc2o1. The third-order valence-electron chi connectivity index (χ3n) is 4.71. The molecule has 2 aromatic carbocycles. The average molecular weight is 428 g/mol. The predicted octanol–water partition coefficient (Wildman–Crippen LogP) is 4.20. The fraction of sp³-hybridized carbons (Fsp3) is 0.250. The van der Waals surface area contributed by atoms with E-state index in [9.17, 15) is 9.59 Å². The summed E-state index contributed by atoms with van der Waals surface area (Å²) in [7, 11) is 0. The zero-order valence-electron chi connectivity index (χ0n) is 15.0. The number of aryl methyl sites for hydroxylation is 2. The fourth-order valence-electron chi connectivity index (χ4n) is 3.30. The summed E-state index contributed by atoms with van der Waals surface area (Å²) in [5.41, 5.74) is 3.88. The molecule has 0 aliphatic carbocycles. The Morgan fingerprint density at radius 1 is 1.26 bits per heavy atom. The van der Waals surface area contributed by atoms with Gasteiger partial charge < -0.3 is 14.6 Å². The van der Waals surface area contributed by atoms with Crippen molar-refractivity contribution in [1.29, 1.82) is 0 Å². The van der Waals surface area contributed by atoms with E-state index in [4.69, 9.17) is 4.42 Å². The Hall–Kier alpha value is -2.67. The Morgan fingerprint density at radius 3 is 2.85 bits per heavy atom. The van der Waals surface area contributed by atoms with E-state index in [0.29, 0.717) is 23.5 Å². The van der Waals surface area contributed by atoms with E-state index in [2.05, 4.69) is 26.2 Å². The lowest BCUT2D eigenvalue weighted by Gasteiger charge is -2.16. The highest BCUT2D eigenvalue weighted by molar-refractivity contribution is 9.10. The molecule has 1 saturated heterocycles. The molecule has 2 amide bonds. The fourth-order valence-corrected chi connectivity index (χ4v) is 3.55. The van der Waals surface area contributed by atoms with Gasteiger partial charge in [-0.3, -0.25) is 9.59 Å². The molecule has 0 saturated carbocycles. The summed E-state index contributed by atoms with van der Waals surface area (Å²) in [6, 6.07) is 11.1. The summed E-state index contributed by atoms with van der Waals surface area (Å²) in [5, 5.41) is 2.91. The third-order valence-corrected chi connectivity index (χ3v) is 5.60. The maximum absolute atomic E-state index is 12.6. The molecule has 1 unspecified atom stereocenters. The van der Waals surface area contributed by atoms with E-state index in [1.807, 2.05) is 37.3 Å². The molecule has 7 heteroatoms. The van der Waals surface area contributed by atoms with Crippen LogP contribution in [0.5, 0.6) is 0 Å². The summed E-state index contributed by atoms with van der Waals surface area (Å²) < 4.78 is 6.46.